The highest BCUT2D eigenvalue weighted by Gasteiger charge is 2.48. The van der Waals surface area contributed by atoms with Crippen LogP contribution < -0.4 is 16.2 Å². The number of benzene rings is 1. The normalized spacial score (nSPS) is 16.6. The van der Waals surface area contributed by atoms with Gasteiger partial charge in [-0.05, 0) is 50.8 Å². The van der Waals surface area contributed by atoms with E-state index in [0.717, 1.165) is 0 Å². The third kappa shape index (κ3) is 6.29. The summed E-state index contributed by atoms with van der Waals surface area (Å²) in [6, 6.07) is 4.07. The van der Waals surface area contributed by atoms with Crippen LogP contribution in [0, 0.1) is 0 Å². The fraction of sp³-hybridized carbons (Fsp3) is 0.464. The van der Waals surface area contributed by atoms with Gasteiger partial charge in [-0.15, -0.1) is 0 Å². The summed E-state index contributed by atoms with van der Waals surface area (Å²) in [5, 5.41) is 19.5. The Labute approximate surface area is 245 Å². The lowest BCUT2D eigenvalue weighted by Gasteiger charge is -2.39. The van der Waals surface area contributed by atoms with Gasteiger partial charge in [0.25, 0.3) is 5.91 Å². The number of ether oxygens (including phenoxy) is 2. The number of rotatable bonds is 11. The predicted octanol–water partition coefficient (Wildman–Crippen LogP) is 1.07. The second kappa shape index (κ2) is 12.5. The zero-order valence-corrected chi connectivity index (χ0v) is 23.5. The van der Waals surface area contributed by atoms with E-state index in [1.807, 2.05) is 0 Å². The number of hydrogen-bond acceptors (Lipinski definition) is 9. The third-order valence-corrected chi connectivity index (χ3v) is 7.74. The number of aromatic nitrogens is 1. The maximum Gasteiger partial charge on any atom is 0.409 e. The van der Waals surface area contributed by atoms with Crippen LogP contribution in [0.25, 0.3) is 10.9 Å². The van der Waals surface area contributed by atoms with Crippen molar-refractivity contribution in [1.29, 1.82) is 0 Å². The minimum absolute atomic E-state index is 0.0262. The van der Waals surface area contributed by atoms with Gasteiger partial charge < -0.3 is 41.0 Å². The Kier molecular flexibility index (Phi) is 9.01. The van der Waals surface area contributed by atoms with Gasteiger partial charge in [0.2, 0.25) is 17.4 Å². The molecule has 15 heteroatoms. The van der Waals surface area contributed by atoms with E-state index in [1.165, 1.54) is 28.0 Å². The van der Waals surface area contributed by atoms with Crippen LogP contribution in [0.1, 0.15) is 71.4 Å². The van der Waals surface area contributed by atoms with Crippen LogP contribution in [-0.4, -0.2) is 99.1 Å². The van der Waals surface area contributed by atoms with Crippen LogP contribution in [0.4, 0.5) is 4.79 Å². The van der Waals surface area contributed by atoms with E-state index in [0.29, 0.717) is 6.42 Å². The number of nitrogens with zero attached hydrogens (tertiary/aromatic N) is 3. The molecular formula is C28H33N5O10. The lowest BCUT2D eigenvalue weighted by molar-refractivity contribution is -0.163. The number of carboxylic acid groups (broad SMARTS) is 2. The topological polar surface area (TPSA) is 233 Å². The van der Waals surface area contributed by atoms with Gasteiger partial charge in [0, 0.05) is 43.5 Å². The molecule has 2 heterocycles. The molecule has 0 bridgehead atoms. The van der Waals surface area contributed by atoms with Crippen molar-refractivity contribution in [2.24, 2.45) is 11.5 Å². The first-order valence-electron chi connectivity index (χ1n) is 13.8. The molecular weight excluding hydrogens is 566 g/mol. The van der Waals surface area contributed by atoms with Crippen LogP contribution in [-0.2, 0) is 19.1 Å². The summed E-state index contributed by atoms with van der Waals surface area (Å²) in [6.45, 7) is 2.40. The molecule has 2 aliphatic rings. The molecule has 1 aliphatic carbocycles. The maximum absolute atomic E-state index is 14.0. The Balaban J connectivity index is 1.85. The molecule has 2 fully saturated rings. The monoisotopic (exact) mass is 599 g/mol. The van der Waals surface area contributed by atoms with Crippen LogP contribution in [0.2, 0.25) is 0 Å². The Morgan fingerprint density at radius 1 is 1.00 bits per heavy atom. The number of carbonyl (C=O) groups is 6. The van der Waals surface area contributed by atoms with Gasteiger partial charge in [-0.1, -0.05) is 0 Å². The molecule has 1 aromatic heterocycles. The lowest BCUT2D eigenvalue weighted by Crippen LogP contribution is -2.52. The summed E-state index contributed by atoms with van der Waals surface area (Å²) in [5.74, 6) is -6.50. The van der Waals surface area contributed by atoms with Crippen molar-refractivity contribution in [3.63, 3.8) is 0 Å². The van der Waals surface area contributed by atoms with Gasteiger partial charge in [0.15, 0.2) is 0 Å². The smallest absolute Gasteiger partial charge is 0.409 e. The average molecular weight is 600 g/mol. The second-order valence-corrected chi connectivity index (χ2v) is 10.4. The fourth-order valence-corrected chi connectivity index (χ4v) is 5.24. The van der Waals surface area contributed by atoms with Crippen molar-refractivity contribution in [3.8, 4) is 5.75 Å². The quantitative estimate of drug-likeness (QED) is 0.285. The molecule has 1 aromatic carbocycles. The highest BCUT2D eigenvalue weighted by Crippen LogP contribution is 2.43. The predicted molar refractivity (Wildman–Crippen MR) is 148 cm³/mol. The van der Waals surface area contributed by atoms with Crippen LogP contribution in [0.3, 0.4) is 0 Å². The van der Waals surface area contributed by atoms with Crippen molar-refractivity contribution in [2.75, 3.05) is 32.8 Å². The third-order valence-electron chi connectivity index (χ3n) is 7.74. The largest absolute Gasteiger partial charge is 0.481 e. The number of carboxylic acids is 2. The summed E-state index contributed by atoms with van der Waals surface area (Å²) in [4.78, 5) is 82.3. The van der Waals surface area contributed by atoms with Crippen LogP contribution >= 0.6 is 0 Å². The maximum atomic E-state index is 14.0. The zero-order valence-electron chi connectivity index (χ0n) is 23.5. The summed E-state index contributed by atoms with van der Waals surface area (Å²) in [7, 11) is 0. The van der Waals surface area contributed by atoms with Crippen molar-refractivity contribution in [3.05, 3.63) is 35.0 Å². The Bertz CT molecular complexity index is 1480. The second-order valence-electron chi connectivity index (χ2n) is 10.4. The first-order valence-corrected chi connectivity index (χ1v) is 13.8. The van der Waals surface area contributed by atoms with Gasteiger partial charge in [-0.25, -0.2) is 9.59 Å². The molecule has 43 heavy (non-hydrogen) atoms. The molecule has 1 unspecified atom stereocenters. The Hall–Kier alpha value is -4.95. The molecule has 1 aliphatic heterocycles. The Morgan fingerprint density at radius 2 is 1.65 bits per heavy atom. The van der Waals surface area contributed by atoms with E-state index in [2.05, 4.69) is 4.98 Å². The first kappa shape index (κ1) is 31.0. The van der Waals surface area contributed by atoms with Crippen LogP contribution in [0.15, 0.2) is 18.2 Å². The van der Waals surface area contributed by atoms with E-state index < -0.39 is 59.3 Å². The van der Waals surface area contributed by atoms with E-state index in [9.17, 15) is 39.0 Å². The van der Waals surface area contributed by atoms with Crippen molar-refractivity contribution < 1.29 is 48.5 Å². The Morgan fingerprint density at radius 3 is 2.16 bits per heavy atom. The first-order chi connectivity index (χ1) is 20.4. The minimum Gasteiger partial charge on any atom is -0.481 e. The number of carbonyl (C=O) groups excluding carboxylic acids is 4. The van der Waals surface area contributed by atoms with Gasteiger partial charge in [0.1, 0.15) is 11.3 Å². The molecule has 15 nitrogen and oxygen atoms in total. The lowest BCUT2D eigenvalue weighted by atomic mass is 9.80. The molecule has 6 N–H and O–H groups in total. The van der Waals surface area contributed by atoms with Crippen molar-refractivity contribution >= 4 is 46.7 Å². The SMILES string of the molecule is CCOC(=O)N1CCN(C(=O)C(CCC(=O)O)c2nc3ccc(C(N)=O)cc3c(OC3(C(=O)O)CCC3)c2C(N)=O)CC1. The van der Waals surface area contributed by atoms with Gasteiger partial charge in [-0.2, -0.15) is 0 Å². The standard InChI is InChI=1S/C28H33N5O10/c1-2-42-27(41)33-12-10-32(11-13-33)25(38)16(5-7-19(34)35)21-20(24(30)37)22(43-28(26(39)40)8-3-9-28)17-14-15(23(29)36)4-6-18(17)31-21/h4,6,14,16H,2-3,5,7-13H2,1H3,(H2,29,36)(H2,30,37)(H,34,35)(H,39,40). The van der Waals surface area contributed by atoms with Gasteiger partial charge >= 0.3 is 18.0 Å². The van der Waals surface area contributed by atoms with Crippen LogP contribution in [0.5, 0.6) is 5.75 Å². The number of hydrogen-bond donors (Lipinski definition) is 4. The van der Waals surface area contributed by atoms with E-state index in [-0.39, 0.29) is 80.0 Å². The number of fused-ring (bicyclic) bond motifs is 1. The van der Waals surface area contributed by atoms with Gasteiger partial charge in [0.05, 0.1) is 23.7 Å². The fourth-order valence-electron chi connectivity index (χ4n) is 5.24. The molecule has 230 valence electrons. The number of pyridine rings is 1. The summed E-state index contributed by atoms with van der Waals surface area (Å²) in [6.07, 6.45) is -0.466. The molecule has 1 saturated heterocycles. The molecule has 2 aromatic rings. The summed E-state index contributed by atoms with van der Waals surface area (Å²) < 4.78 is 11.1. The molecule has 1 saturated carbocycles. The van der Waals surface area contributed by atoms with E-state index in [4.69, 9.17) is 20.9 Å². The minimum atomic E-state index is -1.69. The molecule has 0 radical (unpaired) electrons. The van der Waals surface area contributed by atoms with Crippen molar-refractivity contribution in [1.82, 2.24) is 14.8 Å². The molecule has 1 atom stereocenters. The molecule has 4 amide bonds. The summed E-state index contributed by atoms with van der Waals surface area (Å²) in [5.41, 5.74) is 9.17. The molecule has 4 rings (SSSR count). The highest BCUT2D eigenvalue weighted by atomic mass is 16.6. The highest BCUT2D eigenvalue weighted by molar-refractivity contribution is 6.06. The van der Waals surface area contributed by atoms with Gasteiger partial charge in [-0.3, -0.25) is 24.2 Å². The van der Waals surface area contributed by atoms with Crippen molar-refractivity contribution in [2.45, 2.75) is 50.5 Å². The van der Waals surface area contributed by atoms with E-state index in [1.54, 1.807) is 6.92 Å². The van der Waals surface area contributed by atoms with E-state index >= 15 is 0 Å². The number of aliphatic carboxylic acids is 2. The number of piperazine rings is 1. The average Bonchev–Trinajstić information content (AvgIpc) is 2.94. The summed E-state index contributed by atoms with van der Waals surface area (Å²) >= 11 is 0. The number of primary amides is 2. The number of amides is 4. The molecule has 0 spiro atoms. The zero-order chi connectivity index (χ0) is 31.5. The number of nitrogens with two attached hydrogens (primary N) is 2.